The summed E-state index contributed by atoms with van der Waals surface area (Å²) in [6, 6.07) is 7.75. The number of para-hydroxylation sites is 1. The highest BCUT2D eigenvalue weighted by molar-refractivity contribution is 8.01. The Balaban J connectivity index is 1.85. The van der Waals surface area contributed by atoms with E-state index in [4.69, 9.17) is 12.2 Å². The van der Waals surface area contributed by atoms with E-state index in [1.807, 2.05) is 31.2 Å². The van der Waals surface area contributed by atoms with Crippen LogP contribution in [0.2, 0.25) is 0 Å². The van der Waals surface area contributed by atoms with Crippen LogP contribution in [0.3, 0.4) is 0 Å². The summed E-state index contributed by atoms with van der Waals surface area (Å²) in [6.07, 6.45) is -0.340. The standard InChI is InChI=1S/C12H12N4OS3/c1-7-8-4-2-3-5-9(8)13-10(16(7)17)6-19-12-15-14-11(18)20-12/h2-5,10,16H,6H2,1H3,(H,14,18). The zero-order chi connectivity index (χ0) is 14.1. The molecule has 104 valence electrons. The van der Waals surface area contributed by atoms with Crippen molar-refractivity contribution in [1.29, 1.82) is 0 Å². The molecule has 2 heterocycles. The summed E-state index contributed by atoms with van der Waals surface area (Å²) < 4.78 is 1.49. The van der Waals surface area contributed by atoms with Crippen LogP contribution in [0.4, 0.5) is 0 Å². The van der Waals surface area contributed by atoms with Gasteiger partial charge < -0.3 is 10.3 Å². The van der Waals surface area contributed by atoms with Gasteiger partial charge in [0.25, 0.3) is 0 Å². The van der Waals surface area contributed by atoms with Crippen LogP contribution < -0.4 is 15.6 Å². The number of nitrogens with one attached hydrogen (secondary N) is 2. The van der Waals surface area contributed by atoms with Crippen LogP contribution >= 0.6 is 35.3 Å². The molecule has 2 N–H and O–H groups in total. The molecule has 0 spiro atoms. The molecular formula is C12H12N4OS3. The Morgan fingerprint density at radius 1 is 1.50 bits per heavy atom. The third kappa shape index (κ3) is 2.70. The van der Waals surface area contributed by atoms with Gasteiger partial charge in [0.15, 0.2) is 14.5 Å². The number of nitrogens with zero attached hydrogens (tertiary/aromatic N) is 2. The van der Waals surface area contributed by atoms with Gasteiger partial charge in [-0.05, 0) is 24.4 Å². The lowest BCUT2D eigenvalue weighted by molar-refractivity contribution is -0.798. The van der Waals surface area contributed by atoms with Crippen molar-refractivity contribution in [2.24, 2.45) is 4.99 Å². The average molecular weight is 324 g/mol. The molecule has 2 atom stereocenters. The quantitative estimate of drug-likeness (QED) is 0.489. The van der Waals surface area contributed by atoms with Gasteiger partial charge in [0, 0.05) is 6.92 Å². The SMILES string of the molecule is CC1=c2ccccc2=NC(CSc2n[nH]c(=S)s2)[NH+]1[O-]. The Labute approximate surface area is 128 Å². The number of hydroxylamine groups is 2. The predicted molar refractivity (Wildman–Crippen MR) is 82.4 cm³/mol. The smallest absolute Gasteiger partial charge is 0.195 e. The summed E-state index contributed by atoms with van der Waals surface area (Å²) in [5, 5.41) is 21.1. The molecule has 1 aromatic carbocycles. The minimum absolute atomic E-state index is 0.0929. The van der Waals surface area contributed by atoms with Crippen LogP contribution in [0.15, 0.2) is 33.6 Å². The third-order valence-corrected chi connectivity index (χ3v) is 5.37. The molecule has 3 rings (SSSR count). The van der Waals surface area contributed by atoms with Crippen molar-refractivity contribution >= 4 is 41.0 Å². The van der Waals surface area contributed by atoms with Crippen LogP contribution in [0.5, 0.6) is 0 Å². The summed E-state index contributed by atoms with van der Waals surface area (Å²) in [7, 11) is 0. The monoisotopic (exact) mass is 324 g/mol. The highest BCUT2D eigenvalue weighted by Crippen LogP contribution is 2.20. The number of aromatic nitrogens is 2. The average Bonchev–Trinajstić information content (AvgIpc) is 2.87. The van der Waals surface area contributed by atoms with Crippen molar-refractivity contribution in [3.8, 4) is 0 Å². The normalized spacial score (nSPS) is 21.4. The molecule has 0 saturated heterocycles. The number of fused-ring (bicyclic) bond motifs is 1. The van der Waals surface area contributed by atoms with E-state index in [1.54, 1.807) is 0 Å². The fourth-order valence-corrected chi connectivity index (χ4v) is 4.16. The van der Waals surface area contributed by atoms with E-state index < -0.39 is 0 Å². The topological polar surface area (TPSA) is 68.5 Å². The first kappa shape index (κ1) is 13.9. The highest BCUT2D eigenvalue weighted by Gasteiger charge is 2.21. The highest BCUT2D eigenvalue weighted by atomic mass is 32.2. The van der Waals surface area contributed by atoms with Crippen LogP contribution in [0.1, 0.15) is 6.92 Å². The zero-order valence-corrected chi connectivity index (χ0v) is 13.1. The largest absolute Gasteiger partial charge is 0.627 e. The summed E-state index contributed by atoms with van der Waals surface area (Å²) >= 11 is 7.92. The number of H-pyrrole nitrogens is 1. The fourth-order valence-electron chi connectivity index (χ4n) is 2.05. The molecule has 0 saturated carbocycles. The maximum atomic E-state index is 12.3. The first-order valence-corrected chi connectivity index (χ1v) is 8.22. The Morgan fingerprint density at radius 2 is 2.30 bits per heavy atom. The summed E-state index contributed by atoms with van der Waals surface area (Å²) in [5.41, 5.74) is 0.788. The second-order valence-electron chi connectivity index (χ2n) is 4.34. The van der Waals surface area contributed by atoms with E-state index in [0.29, 0.717) is 9.71 Å². The predicted octanol–water partition coefficient (Wildman–Crippen LogP) is 0.463. The van der Waals surface area contributed by atoms with Gasteiger partial charge in [-0.3, -0.25) is 5.10 Å². The second kappa shape index (κ2) is 5.74. The van der Waals surface area contributed by atoms with E-state index in [0.717, 1.165) is 20.6 Å². The van der Waals surface area contributed by atoms with Crippen LogP contribution in [-0.4, -0.2) is 22.1 Å². The molecule has 0 fully saturated rings. The molecule has 0 aliphatic carbocycles. The molecule has 5 nitrogen and oxygen atoms in total. The van der Waals surface area contributed by atoms with Gasteiger partial charge in [-0.25, -0.2) is 4.99 Å². The first-order chi connectivity index (χ1) is 9.65. The molecule has 8 heteroatoms. The van der Waals surface area contributed by atoms with Crippen molar-refractivity contribution in [3.05, 3.63) is 44.0 Å². The Morgan fingerprint density at radius 3 is 3.05 bits per heavy atom. The zero-order valence-electron chi connectivity index (χ0n) is 10.6. The van der Waals surface area contributed by atoms with Crippen molar-refractivity contribution in [2.75, 3.05) is 5.75 Å². The van der Waals surface area contributed by atoms with Crippen molar-refractivity contribution in [2.45, 2.75) is 17.4 Å². The molecule has 1 aliphatic heterocycles. The molecule has 1 aromatic heterocycles. The minimum atomic E-state index is -0.340. The van der Waals surface area contributed by atoms with Crippen LogP contribution in [0, 0.1) is 9.16 Å². The van der Waals surface area contributed by atoms with Gasteiger partial charge in [-0.1, -0.05) is 35.2 Å². The Bertz CT molecular complexity index is 797. The van der Waals surface area contributed by atoms with E-state index in [9.17, 15) is 5.21 Å². The van der Waals surface area contributed by atoms with Gasteiger partial charge in [0.1, 0.15) is 5.70 Å². The van der Waals surface area contributed by atoms with Crippen LogP contribution in [-0.2, 0) is 0 Å². The van der Waals surface area contributed by atoms with Gasteiger partial charge >= 0.3 is 0 Å². The number of quaternary nitrogens is 1. The fraction of sp³-hybridized carbons (Fsp3) is 0.250. The molecule has 1 aliphatic rings. The summed E-state index contributed by atoms with van der Waals surface area (Å²) in [6.45, 7) is 1.87. The lowest BCUT2D eigenvalue weighted by atomic mass is 10.2. The molecule has 2 aromatic rings. The first-order valence-electron chi connectivity index (χ1n) is 6.01. The number of benzene rings is 1. The summed E-state index contributed by atoms with van der Waals surface area (Å²) in [5.74, 6) is 0.584. The van der Waals surface area contributed by atoms with Gasteiger partial charge in [-0.15, -0.1) is 0 Å². The van der Waals surface area contributed by atoms with Gasteiger partial charge in [-0.2, -0.15) is 5.10 Å². The molecule has 2 unspecified atom stereocenters. The van der Waals surface area contributed by atoms with Crippen molar-refractivity contribution in [1.82, 2.24) is 10.2 Å². The van der Waals surface area contributed by atoms with Crippen molar-refractivity contribution in [3.63, 3.8) is 0 Å². The van der Waals surface area contributed by atoms with E-state index >= 15 is 0 Å². The van der Waals surface area contributed by atoms with Gasteiger partial charge in [0.2, 0.25) is 0 Å². The number of rotatable bonds is 3. The molecular weight excluding hydrogens is 312 g/mol. The number of aromatic amines is 1. The van der Waals surface area contributed by atoms with E-state index in [-0.39, 0.29) is 11.2 Å². The molecule has 0 bridgehead atoms. The van der Waals surface area contributed by atoms with Gasteiger partial charge in [0.05, 0.1) is 16.3 Å². The second-order valence-corrected chi connectivity index (χ2v) is 7.27. The molecule has 20 heavy (non-hydrogen) atoms. The molecule has 0 radical (unpaired) electrons. The van der Waals surface area contributed by atoms with E-state index in [2.05, 4.69) is 15.2 Å². The minimum Gasteiger partial charge on any atom is -0.627 e. The van der Waals surface area contributed by atoms with E-state index in [1.165, 1.54) is 23.1 Å². The third-order valence-electron chi connectivity index (χ3n) is 3.06. The molecule has 0 amide bonds. The Kier molecular flexibility index (Phi) is 3.99. The Hall–Kier alpha value is -1.06. The lowest BCUT2D eigenvalue weighted by Gasteiger charge is -2.30. The maximum absolute atomic E-state index is 12.3. The lowest BCUT2D eigenvalue weighted by Crippen LogP contribution is -3.10. The van der Waals surface area contributed by atoms with Crippen LogP contribution in [0.25, 0.3) is 5.70 Å². The number of hydrogen-bond donors (Lipinski definition) is 2. The number of thioether (sulfide) groups is 1. The maximum Gasteiger partial charge on any atom is 0.195 e. The van der Waals surface area contributed by atoms with Crippen molar-refractivity contribution < 1.29 is 5.06 Å². The number of hydrogen-bond acceptors (Lipinski definition) is 6. The summed E-state index contributed by atoms with van der Waals surface area (Å²) in [4.78, 5) is 4.55.